The third-order valence-corrected chi connectivity index (χ3v) is 4.65. The number of nitrogens with one attached hydrogen (secondary N) is 1. The van der Waals surface area contributed by atoms with Gasteiger partial charge in [0.2, 0.25) is 0 Å². The van der Waals surface area contributed by atoms with Gasteiger partial charge in [0.05, 0.1) is 12.7 Å². The van der Waals surface area contributed by atoms with Gasteiger partial charge in [0.1, 0.15) is 0 Å². The zero-order chi connectivity index (χ0) is 16.1. The summed E-state index contributed by atoms with van der Waals surface area (Å²) in [5.74, 6) is 0. The van der Waals surface area contributed by atoms with Gasteiger partial charge in [0, 0.05) is 51.5 Å². The van der Waals surface area contributed by atoms with Gasteiger partial charge in [-0.15, -0.1) is 0 Å². The second-order valence-corrected chi connectivity index (χ2v) is 6.21. The minimum absolute atomic E-state index is 0.0912. The third kappa shape index (κ3) is 4.65. The first kappa shape index (κ1) is 16.7. The molecular weight excluding hydrogens is 299 g/mol. The molecule has 0 aliphatic carbocycles. The van der Waals surface area contributed by atoms with Crippen LogP contribution in [0, 0.1) is 0 Å². The maximum atomic E-state index is 12.6. The number of halogens is 2. The molecule has 4 nitrogen and oxygen atoms in total. The Labute approximate surface area is 137 Å². The predicted octanol–water partition coefficient (Wildman–Crippen LogP) is 0.821. The van der Waals surface area contributed by atoms with Crippen molar-refractivity contribution in [3.63, 3.8) is 0 Å². The second-order valence-electron chi connectivity index (χ2n) is 6.21. The number of rotatable bonds is 5. The molecule has 1 unspecified atom stereocenters. The summed E-state index contributed by atoms with van der Waals surface area (Å²) in [6.07, 6.45) is 1.40. The van der Waals surface area contributed by atoms with Crippen molar-refractivity contribution in [2.75, 3.05) is 57.3 Å². The summed E-state index contributed by atoms with van der Waals surface area (Å²) < 4.78 is 30.9. The van der Waals surface area contributed by atoms with E-state index in [-0.39, 0.29) is 5.46 Å². The Kier molecular flexibility index (Phi) is 5.86. The molecule has 2 aliphatic rings. The third-order valence-electron chi connectivity index (χ3n) is 4.65. The summed E-state index contributed by atoms with van der Waals surface area (Å²) in [6, 6.07) is 6.66. The largest absolute Gasteiger partial charge is 0.571 e. The van der Waals surface area contributed by atoms with E-state index in [1.165, 1.54) is 12.1 Å². The van der Waals surface area contributed by atoms with Gasteiger partial charge in [0.25, 0.3) is 0 Å². The van der Waals surface area contributed by atoms with E-state index in [9.17, 15) is 8.63 Å². The van der Waals surface area contributed by atoms with Crippen molar-refractivity contribution >= 4 is 18.4 Å². The van der Waals surface area contributed by atoms with Crippen LogP contribution in [-0.2, 0) is 4.74 Å². The Morgan fingerprint density at radius 3 is 2.48 bits per heavy atom. The molecule has 1 atom stereocenters. The van der Waals surface area contributed by atoms with Crippen LogP contribution in [0.2, 0.25) is 0 Å². The van der Waals surface area contributed by atoms with E-state index in [1.54, 1.807) is 12.1 Å². The first-order valence-corrected chi connectivity index (χ1v) is 8.40. The van der Waals surface area contributed by atoms with Crippen molar-refractivity contribution in [3.8, 4) is 0 Å². The van der Waals surface area contributed by atoms with Crippen molar-refractivity contribution in [1.29, 1.82) is 0 Å². The van der Waals surface area contributed by atoms with E-state index >= 15 is 0 Å². The number of piperazine rings is 1. The van der Waals surface area contributed by atoms with Crippen LogP contribution in [0.3, 0.4) is 0 Å². The van der Waals surface area contributed by atoms with Gasteiger partial charge in [-0.3, -0.25) is 13.5 Å². The van der Waals surface area contributed by atoms with Crippen LogP contribution in [-0.4, -0.2) is 70.7 Å². The molecule has 0 amide bonds. The molecule has 2 heterocycles. The Hall–Kier alpha value is -1.18. The molecule has 0 spiro atoms. The van der Waals surface area contributed by atoms with E-state index < -0.39 is 7.27 Å². The Morgan fingerprint density at radius 1 is 1.13 bits per heavy atom. The molecule has 2 saturated heterocycles. The van der Waals surface area contributed by atoms with Crippen molar-refractivity contribution in [1.82, 2.24) is 10.2 Å². The molecule has 2 aliphatic heterocycles. The normalized spacial score (nSPS) is 23.0. The van der Waals surface area contributed by atoms with E-state index in [0.717, 1.165) is 64.5 Å². The highest BCUT2D eigenvalue weighted by Gasteiger charge is 2.21. The molecular formula is C16H24BF2N3O. The van der Waals surface area contributed by atoms with Crippen molar-refractivity contribution in [2.45, 2.75) is 12.5 Å². The number of hydrogen-bond acceptors (Lipinski definition) is 4. The van der Waals surface area contributed by atoms with Crippen molar-refractivity contribution in [2.24, 2.45) is 0 Å². The highest BCUT2D eigenvalue weighted by atomic mass is 19.2. The van der Waals surface area contributed by atoms with E-state index in [4.69, 9.17) is 4.74 Å². The monoisotopic (exact) mass is 323 g/mol. The maximum Gasteiger partial charge on any atom is 0.571 e. The number of benzene rings is 1. The summed E-state index contributed by atoms with van der Waals surface area (Å²) in [6.45, 7) is 7.69. The van der Waals surface area contributed by atoms with Crippen LogP contribution >= 0.6 is 0 Å². The van der Waals surface area contributed by atoms with E-state index in [1.807, 2.05) is 0 Å². The fourth-order valence-corrected chi connectivity index (χ4v) is 3.19. The Balaban J connectivity index is 1.42. The van der Waals surface area contributed by atoms with Gasteiger partial charge >= 0.3 is 7.27 Å². The minimum atomic E-state index is -2.39. The van der Waals surface area contributed by atoms with Gasteiger partial charge in [-0.05, 0) is 24.0 Å². The molecule has 0 radical (unpaired) electrons. The minimum Gasteiger partial charge on any atom is -0.376 e. The highest BCUT2D eigenvalue weighted by molar-refractivity contribution is 6.59. The van der Waals surface area contributed by atoms with Gasteiger partial charge in [0.15, 0.2) is 0 Å². The van der Waals surface area contributed by atoms with Crippen molar-refractivity contribution < 1.29 is 13.4 Å². The molecule has 3 rings (SSSR count). The lowest BCUT2D eigenvalue weighted by Crippen LogP contribution is -2.48. The second kappa shape index (κ2) is 8.08. The fraction of sp³-hybridized carbons (Fsp3) is 0.625. The number of hydrogen-bond donors (Lipinski definition) is 1. The van der Waals surface area contributed by atoms with E-state index in [2.05, 4.69) is 15.1 Å². The molecule has 0 saturated carbocycles. The zero-order valence-electron chi connectivity index (χ0n) is 13.4. The lowest BCUT2D eigenvalue weighted by molar-refractivity contribution is 0.0171. The average Bonchev–Trinajstić information content (AvgIpc) is 2.61. The summed E-state index contributed by atoms with van der Waals surface area (Å²) in [4.78, 5) is 4.73. The number of ether oxygens (including phenoxy) is 1. The van der Waals surface area contributed by atoms with E-state index in [0.29, 0.717) is 6.10 Å². The summed E-state index contributed by atoms with van der Waals surface area (Å²) >= 11 is 0. The first-order chi connectivity index (χ1) is 11.2. The Bertz CT molecular complexity index is 475. The smallest absolute Gasteiger partial charge is 0.376 e. The molecule has 0 bridgehead atoms. The number of morpholine rings is 1. The summed E-state index contributed by atoms with van der Waals surface area (Å²) in [5, 5.41) is 3.36. The standard InChI is InChI=1S/C16H24BF2N3O/c18-17(19)14-1-3-15(4-2-14)22-10-8-21(9-11-22)7-5-16-13-20-6-12-23-16/h1-4,16,20H,5-13H2. The summed E-state index contributed by atoms with van der Waals surface area (Å²) in [5.41, 5.74) is 1.13. The predicted molar refractivity (Wildman–Crippen MR) is 89.9 cm³/mol. The zero-order valence-corrected chi connectivity index (χ0v) is 13.4. The number of nitrogens with zero attached hydrogens (tertiary/aromatic N) is 2. The molecule has 2 fully saturated rings. The molecule has 1 aromatic rings. The quantitative estimate of drug-likeness (QED) is 0.812. The van der Waals surface area contributed by atoms with Crippen LogP contribution in [0.1, 0.15) is 6.42 Å². The highest BCUT2D eigenvalue weighted by Crippen LogP contribution is 2.16. The van der Waals surface area contributed by atoms with Gasteiger partial charge in [-0.2, -0.15) is 0 Å². The molecule has 23 heavy (non-hydrogen) atoms. The number of anilines is 1. The van der Waals surface area contributed by atoms with Crippen LogP contribution < -0.4 is 15.7 Å². The van der Waals surface area contributed by atoms with Crippen LogP contribution in [0.4, 0.5) is 14.3 Å². The fourth-order valence-electron chi connectivity index (χ4n) is 3.19. The Morgan fingerprint density at radius 2 is 1.87 bits per heavy atom. The SMILES string of the molecule is FB(F)c1ccc(N2CCN(CCC3CNCCO3)CC2)cc1. The lowest BCUT2D eigenvalue weighted by atomic mass is 9.86. The lowest BCUT2D eigenvalue weighted by Gasteiger charge is -2.37. The molecule has 0 aromatic heterocycles. The van der Waals surface area contributed by atoms with Crippen molar-refractivity contribution in [3.05, 3.63) is 24.3 Å². The molecule has 7 heteroatoms. The summed E-state index contributed by atoms with van der Waals surface area (Å²) in [7, 11) is -2.39. The molecule has 1 aromatic carbocycles. The van der Waals surface area contributed by atoms with Gasteiger partial charge in [-0.25, -0.2) is 0 Å². The first-order valence-electron chi connectivity index (χ1n) is 8.40. The molecule has 1 N–H and O–H groups in total. The topological polar surface area (TPSA) is 27.7 Å². The average molecular weight is 323 g/mol. The molecule has 126 valence electrons. The van der Waals surface area contributed by atoms with Crippen LogP contribution in [0.5, 0.6) is 0 Å². The van der Waals surface area contributed by atoms with Crippen LogP contribution in [0.15, 0.2) is 24.3 Å². The van der Waals surface area contributed by atoms with Gasteiger partial charge in [-0.1, -0.05) is 12.1 Å². The van der Waals surface area contributed by atoms with Crippen LogP contribution in [0.25, 0.3) is 0 Å². The maximum absolute atomic E-state index is 12.6. The van der Waals surface area contributed by atoms with Gasteiger partial charge < -0.3 is 15.0 Å².